The average Bonchev–Trinajstić information content (AvgIpc) is 3.41. The maximum atomic E-state index is 4.71. The van der Waals surface area contributed by atoms with Gasteiger partial charge < -0.3 is 10.2 Å². The van der Waals surface area contributed by atoms with E-state index in [0.29, 0.717) is 6.04 Å². The first-order valence-electron chi connectivity index (χ1n) is 12.4. The summed E-state index contributed by atoms with van der Waals surface area (Å²) in [4.78, 5) is 2.09. The van der Waals surface area contributed by atoms with Crippen LogP contribution in [0, 0.1) is 0 Å². The molecule has 1 aromatic heterocycles. The molecule has 0 radical (unpaired) electrons. The zero-order valence-corrected chi connectivity index (χ0v) is 21.9. The fourth-order valence-electron chi connectivity index (χ4n) is 4.24. The Bertz CT molecular complexity index is 1540. The Morgan fingerprint density at radius 2 is 1.42 bits per heavy atom. The van der Waals surface area contributed by atoms with Crippen molar-refractivity contribution in [2.24, 2.45) is 10.2 Å². The van der Waals surface area contributed by atoms with Crippen LogP contribution >= 0.6 is 11.3 Å². The molecule has 0 aliphatic carbocycles. The van der Waals surface area contributed by atoms with Gasteiger partial charge in [-0.3, -0.25) is 0 Å². The van der Waals surface area contributed by atoms with Gasteiger partial charge >= 0.3 is 0 Å². The van der Waals surface area contributed by atoms with Gasteiger partial charge in [-0.2, -0.15) is 0 Å². The monoisotopic (exact) mass is 494 g/mol. The molecule has 1 N–H and O–H groups in total. The Morgan fingerprint density at radius 1 is 0.806 bits per heavy atom. The fourth-order valence-corrected chi connectivity index (χ4v) is 5.00. The number of nitrogens with one attached hydrogen (secondary N) is 1. The molecule has 5 rings (SSSR count). The number of nitrogens with zero attached hydrogens (tertiary/aromatic N) is 5. The largest absolute Gasteiger partial charge is 0.382 e. The van der Waals surface area contributed by atoms with E-state index in [1.54, 1.807) is 11.3 Å². The van der Waals surface area contributed by atoms with Gasteiger partial charge in [0.15, 0.2) is 0 Å². The topological polar surface area (TPSA) is 65.8 Å². The number of anilines is 3. The van der Waals surface area contributed by atoms with E-state index in [9.17, 15) is 0 Å². The summed E-state index contributed by atoms with van der Waals surface area (Å²) in [5.41, 5.74) is 3.88. The minimum absolute atomic E-state index is 0.401. The van der Waals surface area contributed by atoms with E-state index in [-0.39, 0.29) is 0 Å². The summed E-state index contributed by atoms with van der Waals surface area (Å²) in [6.07, 6.45) is 1.95. The summed E-state index contributed by atoms with van der Waals surface area (Å²) in [7, 11) is 2.03. The number of fused-ring (bicyclic) bond motifs is 2. The fraction of sp³-hybridized carbons (Fsp3) is 0.241. The summed E-state index contributed by atoms with van der Waals surface area (Å²) < 4.78 is 0. The Balaban J connectivity index is 1.52. The molecule has 0 aliphatic rings. The molecule has 0 amide bonds. The van der Waals surface area contributed by atoms with Crippen LogP contribution in [0.1, 0.15) is 32.2 Å². The van der Waals surface area contributed by atoms with Gasteiger partial charge in [-0.1, -0.05) is 73.7 Å². The van der Waals surface area contributed by atoms with Crippen LogP contribution in [0.2, 0.25) is 0 Å². The molecule has 0 aliphatic heterocycles. The van der Waals surface area contributed by atoms with Gasteiger partial charge in [0.25, 0.3) is 0 Å². The zero-order chi connectivity index (χ0) is 25.1. The van der Waals surface area contributed by atoms with Crippen LogP contribution in [0.15, 0.2) is 83.0 Å². The van der Waals surface area contributed by atoms with E-state index < -0.39 is 0 Å². The van der Waals surface area contributed by atoms with Gasteiger partial charge in [-0.05, 0) is 44.0 Å². The molecule has 0 spiro atoms. The Labute approximate surface area is 215 Å². The molecular formula is C29H30N6S. The van der Waals surface area contributed by atoms with Crippen molar-refractivity contribution in [1.82, 2.24) is 10.2 Å². The van der Waals surface area contributed by atoms with Crippen LogP contribution in [0.3, 0.4) is 0 Å². The van der Waals surface area contributed by atoms with Crippen molar-refractivity contribution < 1.29 is 0 Å². The van der Waals surface area contributed by atoms with E-state index in [0.717, 1.165) is 67.3 Å². The lowest BCUT2D eigenvalue weighted by molar-refractivity contribution is 0.765. The Morgan fingerprint density at radius 3 is 2.06 bits per heavy atom. The maximum Gasteiger partial charge on any atom is 0.212 e. The summed E-state index contributed by atoms with van der Waals surface area (Å²) in [5, 5.41) is 28.0. The third-order valence-electron chi connectivity index (χ3n) is 6.47. The quantitative estimate of drug-likeness (QED) is 0.219. The van der Waals surface area contributed by atoms with Crippen molar-refractivity contribution in [2.75, 3.05) is 17.3 Å². The zero-order valence-electron chi connectivity index (χ0n) is 21.1. The second-order valence-corrected chi connectivity index (χ2v) is 9.91. The van der Waals surface area contributed by atoms with Crippen molar-refractivity contribution in [1.29, 1.82) is 0 Å². The van der Waals surface area contributed by atoms with Crippen LogP contribution in [0.25, 0.3) is 21.5 Å². The normalized spacial score (nSPS) is 12.4. The highest BCUT2D eigenvalue weighted by molar-refractivity contribution is 7.15. The van der Waals surface area contributed by atoms with Crippen molar-refractivity contribution in [3.8, 4) is 0 Å². The molecule has 0 saturated carbocycles. The molecule has 0 fully saturated rings. The van der Waals surface area contributed by atoms with Gasteiger partial charge in [0, 0.05) is 40.3 Å². The standard InChI is InChI=1S/C29H30N6S/c1-5-19(3)30-24-15-16-25(21-12-8-7-11-20(21)24)31-32-26-17-18-27(23-14-10-9-13-22(23)26)35(4)29-34-33-28(6-2)36-29/h7-19,30H,5-6H2,1-4H3/b32-31+. The molecule has 36 heavy (non-hydrogen) atoms. The van der Waals surface area contributed by atoms with Gasteiger partial charge in [0.05, 0.1) is 17.1 Å². The molecule has 1 heterocycles. The molecule has 7 heteroatoms. The highest BCUT2D eigenvalue weighted by Crippen LogP contribution is 2.39. The highest BCUT2D eigenvalue weighted by Gasteiger charge is 2.15. The molecule has 6 nitrogen and oxygen atoms in total. The summed E-state index contributed by atoms with van der Waals surface area (Å²) in [6.45, 7) is 6.48. The van der Waals surface area contributed by atoms with Gasteiger partial charge in [0.1, 0.15) is 5.01 Å². The van der Waals surface area contributed by atoms with Crippen LogP contribution < -0.4 is 10.2 Å². The molecule has 182 valence electrons. The van der Waals surface area contributed by atoms with Gasteiger partial charge in [0.2, 0.25) is 5.13 Å². The SMILES string of the molecule is CCc1nnc(N(C)c2ccc(/N=N/c3ccc(NC(C)CC)c4ccccc34)c3ccccc23)s1. The minimum Gasteiger partial charge on any atom is -0.382 e. The van der Waals surface area contributed by atoms with E-state index in [1.807, 2.05) is 31.3 Å². The molecule has 0 bridgehead atoms. The second kappa shape index (κ2) is 10.4. The average molecular weight is 495 g/mol. The lowest BCUT2D eigenvalue weighted by atomic mass is 10.1. The molecule has 1 unspecified atom stereocenters. The van der Waals surface area contributed by atoms with E-state index in [4.69, 9.17) is 10.2 Å². The van der Waals surface area contributed by atoms with Crippen LogP contribution in [0.5, 0.6) is 0 Å². The number of aromatic nitrogens is 2. The predicted octanol–water partition coefficient (Wildman–Crippen LogP) is 8.80. The van der Waals surface area contributed by atoms with Gasteiger partial charge in [-0.25, -0.2) is 0 Å². The molecule has 4 aromatic carbocycles. The van der Waals surface area contributed by atoms with E-state index in [2.05, 4.69) is 89.7 Å². The number of hydrogen-bond donors (Lipinski definition) is 1. The summed E-state index contributed by atoms with van der Waals surface area (Å²) in [5.74, 6) is 0. The number of benzene rings is 4. The van der Waals surface area contributed by atoms with Crippen LogP contribution in [0.4, 0.5) is 27.9 Å². The molecular weight excluding hydrogens is 464 g/mol. The predicted molar refractivity (Wildman–Crippen MR) is 153 cm³/mol. The lowest BCUT2D eigenvalue weighted by Crippen LogP contribution is -2.13. The third kappa shape index (κ3) is 4.66. The molecule has 1 atom stereocenters. The van der Waals surface area contributed by atoms with Crippen molar-refractivity contribution in [2.45, 2.75) is 39.7 Å². The maximum absolute atomic E-state index is 4.71. The van der Waals surface area contributed by atoms with E-state index >= 15 is 0 Å². The summed E-state index contributed by atoms with van der Waals surface area (Å²) in [6, 6.07) is 25.3. The number of hydrogen-bond acceptors (Lipinski definition) is 7. The van der Waals surface area contributed by atoms with Crippen LogP contribution in [-0.2, 0) is 6.42 Å². The minimum atomic E-state index is 0.401. The molecule has 5 aromatic rings. The number of azo groups is 1. The first-order valence-corrected chi connectivity index (χ1v) is 13.2. The van der Waals surface area contributed by atoms with Crippen molar-refractivity contribution in [3.63, 3.8) is 0 Å². The van der Waals surface area contributed by atoms with Gasteiger partial charge in [-0.15, -0.1) is 20.4 Å². The second-order valence-electron chi connectivity index (χ2n) is 8.87. The third-order valence-corrected chi connectivity index (χ3v) is 7.61. The lowest BCUT2D eigenvalue weighted by Gasteiger charge is -2.18. The Kier molecular flexibility index (Phi) is 6.91. The summed E-state index contributed by atoms with van der Waals surface area (Å²) >= 11 is 1.62. The first-order chi connectivity index (χ1) is 17.6. The number of aryl methyl sites for hydroxylation is 1. The Hall–Kier alpha value is -3.84. The van der Waals surface area contributed by atoms with Crippen molar-refractivity contribution >= 4 is 60.8 Å². The van der Waals surface area contributed by atoms with Crippen LogP contribution in [-0.4, -0.2) is 23.3 Å². The van der Waals surface area contributed by atoms with E-state index in [1.165, 1.54) is 0 Å². The van der Waals surface area contributed by atoms with Crippen molar-refractivity contribution in [3.05, 3.63) is 77.8 Å². The smallest absolute Gasteiger partial charge is 0.212 e. The first kappa shape index (κ1) is 23.9. The molecule has 0 saturated heterocycles. The number of rotatable bonds is 8. The highest BCUT2D eigenvalue weighted by atomic mass is 32.1.